The van der Waals surface area contributed by atoms with E-state index in [0.29, 0.717) is 6.61 Å². The summed E-state index contributed by atoms with van der Waals surface area (Å²) >= 11 is 0. The minimum Gasteiger partial charge on any atom is -0.460 e. The molecule has 3 heteroatoms. The highest BCUT2D eigenvalue weighted by atomic mass is 35.5. The number of esters is 1. The number of ether oxygens (including phenoxy) is 1. The van der Waals surface area contributed by atoms with Crippen molar-refractivity contribution in [2.45, 2.75) is 38.7 Å². The van der Waals surface area contributed by atoms with E-state index in [1.165, 1.54) is 0 Å². The molecule has 0 aliphatic rings. The Kier molecular flexibility index (Phi) is 7.13. The largest absolute Gasteiger partial charge is 0.460 e. The van der Waals surface area contributed by atoms with E-state index in [2.05, 4.69) is 6.92 Å². The molecule has 118 valence electrons. The van der Waals surface area contributed by atoms with Crippen LogP contribution in [0.5, 0.6) is 0 Å². The third kappa shape index (κ3) is 4.35. The predicted octanol–water partition coefficient (Wildman–Crippen LogP) is 4.91. The molecule has 0 saturated carbocycles. The molecule has 0 N–H and O–H groups in total. The first kappa shape index (κ1) is 18.2. The van der Waals surface area contributed by atoms with Gasteiger partial charge < -0.3 is 4.74 Å². The molecule has 0 aromatic heterocycles. The van der Waals surface area contributed by atoms with Crippen LogP contribution in [0.15, 0.2) is 60.7 Å². The number of hydrogen-bond donors (Lipinski definition) is 0. The fraction of sp³-hybridized carbons (Fsp3) is 0.316. The molecule has 0 spiro atoms. The van der Waals surface area contributed by atoms with E-state index in [1.54, 1.807) is 0 Å². The third-order valence-electron chi connectivity index (χ3n) is 3.82. The highest BCUT2D eigenvalue weighted by Crippen LogP contribution is 2.30. The second kappa shape index (κ2) is 8.60. The number of hydrogen-bond acceptors (Lipinski definition) is 2. The van der Waals surface area contributed by atoms with Crippen LogP contribution in [-0.4, -0.2) is 5.97 Å². The van der Waals surface area contributed by atoms with Crippen molar-refractivity contribution >= 4 is 18.4 Å². The van der Waals surface area contributed by atoms with Crippen molar-refractivity contribution < 1.29 is 9.53 Å². The molecule has 1 atom stereocenters. The fourth-order valence-corrected chi connectivity index (χ4v) is 2.55. The molecule has 0 fully saturated rings. The standard InChI is InChI=1S/C19H22O2.ClH/c1-3-14-19(2,17-12-8-5-9-13-17)18(20)21-15-16-10-6-4-7-11-16;/h4-13H,3,14-15H2,1-2H3;1H. The Labute approximate surface area is 138 Å². The smallest absolute Gasteiger partial charge is 0.316 e. The topological polar surface area (TPSA) is 26.3 Å². The van der Waals surface area contributed by atoms with Gasteiger partial charge >= 0.3 is 5.97 Å². The Bertz CT molecular complexity index is 569. The maximum absolute atomic E-state index is 12.6. The molecule has 2 rings (SSSR count). The van der Waals surface area contributed by atoms with E-state index in [9.17, 15) is 4.79 Å². The predicted molar refractivity (Wildman–Crippen MR) is 92.2 cm³/mol. The SMILES string of the molecule is CCCC(C)(C(=O)OCc1ccccc1)c1ccccc1.Cl. The summed E-state index contributed by atoms with van der Waals surface area (Å²) in [5.74, 6) is -0.153. The molecule has 1 unspecified atom stereocenters. The number of carbonyl (C=O) groups excluding carboxylic acids is 1. The molecule has 0 amide bonds. The number of benzene rings is 2. The maximum atomic E-state index is 12.6. The van der Waals surface area contributed by atoms with Crippen LogP contribution in [0.25, 0.3) is 0 Å². The molecule has 2 aromatic rings. The van der Waals surface area contributed by atoms with Gasteiger partial charge in [-0.2, -0.15) is 0 Å². The normalized spacial score (nSPS) is 12.8. The monoisotopic (exact) mass is 318 g/mol. The minimum atomic E-state index is -0.579. The first-order valence-electron chi connectivity index (χ1n) is 7.43. The van der Waals surface area contributed by atoms with Crippen molar-refractivity contribution in [3.8, 4) is 0 Å². The molecule has 0 radical (unpaired) electrons. The molecule has 0 aliphatic heterocycles. The van der Waals surface area contributed by atoms with E-state index < -0.39 is 5.41 Å². The lowest BCUT2D eigenvalue weighted by Gasteiger charge is -2.27. The first-order chi connectivity index (χ1) is 10.2. The molecule has 0 saturated heterocycles. The second-order valence-corrected chi connectivity index (χ2v) is 5.51. The van der Waals surface area contributed by atoms with Gasteiger partial charge in [0.05, 0.1) is 5.41 Å². The minimum absolute atomic E-state index is 0. The third-order valence-corrected chi connectivity index (χ3v) is 3.82. The maximum Gasteiger partial charge on any atom is 0.316 e. The van der Waals surface area contributed by atoms with Crippen LogP contribution < -0.4 is 0 Å². The highest BCUT2D eigenvalue weighted by Gasteiger charge is 2.35. The summed E-state index contributed by atoms with van der Waals surface area (Å²) in [4.78, 5) is 12.6. The first-order valence-corrected chi connectivity index (χ1v) is 7.43. The van der Waals surface area contributed by atoms with Gasteiger partial charge in [0.25, 0.3) is 0 Å². The summed E-state index contributed by atoms with van der Waals surface area (Å²) in [6.07, 6.45) is 1.72. The summed E-state index contributed by atoms with van der Waals surface area (Å²) < 4.78 is 5.56. The molecule has 22 heavy (non-hydrogen) atoms. The summed E-state index contributed by atoms with van der Waals surface area (Å²) in [7, 11) is 0. The Morgan fingerprint density at radius 2 is 1.55 bits per heavy atom. The van der Waals surface area contributed by atoms with Crippen LogP contribution in [0.4, 0.5) is 0 Å². The number of carbonyl (C=O) groups is 1. The Hall–Kier alpha value is -1.80. The van der Waals surface area contributed by atoms with Crippen molar-refractivity contribution in [1.82, 2.24) is 0 Å². The average molecular weight is 319 g/mol. The van der Waals surface area contributed by atoms with Crippen LogP contribution in [0.2, 0.25) is 0 Å². The summed E-state index contributed by atoms with van der Waals surface area (Å²) in [5.41, 5.74) is 1.45. The van der Waals surface area contributed by atoms with Crippen molar-refractivity contribution in [3.05, 3.63) is 71.8 Å². The molecular formula is C19H23ClO2. The highest BCUT2D eigenvalue weighted by molar-refractivity contribution is 5.85. The van der Waals surface area contributed by atoms with Crippen LogP contribution in [0.3, 0.4) is 0 Å². The van der Waals surface area contributed by atoms with Gasteiger partial charge in [0.1, 0.15) is 6.61 Å². The van der Waals surface area contributed by atoms with Crippen molar-refractivity contribution in [2.24, 2.45) is 0 Å². The second-order valence-electron chi connectivity index (χ2n) is 5.51. The zero-order valence-corrected chi connectivity index (χ0v) is 13.9. The van der Waals surface area contributed by atoms with Gasteiger partial charge in [-0.1, -0.05) is 74.0 Å². The van der Waals surface area contributed by atoms with Crippen molar-refractivity contribution in [2.75, 3.05) is 0 Å². The van der Waals surface area contributed by atoms with E-state index in [1.807, 2.05) is 67.6 Å². The van der Waals surface area contributed by atoms with Gasteiger partial charge in [0.2, 0.25) is 0 Å². The molecule has 0 bridgehead atoms. The Morgan fingerprint density at radius 1 is 1.00 bits per heavy atom. The fourth-order valence-electron chi connectivity index (χ4n) is 2.55. The number of halogens is 1. The zero-order valence-electron chi connectivity index (χ0n) is 13.1. The Morgan fingerprint density at radius 3 is 2.09 bits per heavy atom. The van der Waals surface area contributed by atoms with Gasteiger partial charge in [-0.05, 0) is 24.5 Å². The van der Waals surface area contributed by atoms with Crippen molar-refractivity contribution in [1.29, 1.82) is 0 Å². The van der Waals surface area contributed by atoms with E-state index in [0.717, 1.165) is 24.0 Å². The summed E-state index contributed by atoms with van der Waals surface area (Å²) in [5, 5.41) is 0. The van der Waals surface area contributed by atoms with Crippen LogP contribution in [0, 0.1) is 0 Å². The van der Waals surface area contributed by atoms with Gasteiger partial charge in [-0.3, -0.25) is 4.79 Å². The van der Waals surface area contributed by atoms with Gasteiger partial charge in [0.15, 0.2) is 0 Å². The van der Waals surface area contributed by atoms with Crippen molar-refractivity contribution in [3.63, 3.8) is 0 Å². The lowest BCUT2D eigenvalue weighted by Crippen LogP contribution is -2.34. The quantitative estimate of drug-likeness (QED) is 0.707. The van der Waals surface area contributed by atoms with E-state index in [-0.39, 0.29) is 18.4 Å². The summed E-state index contributed by atoms with van der Waals surface area (Å²) in [6, 6.07) is 19.7. The van der Waals surface area contributed by atoms with E-state index in [4.69, 9.17) is 4.74 Å². The van der Waals surface area contributed by atoms with Crippen LogP contribution in [-0.2, 0) is 21.6 Å². The molecule has 2 nitrogen and oxygen atoms in total. The zero-order chi connectivity index (χ0) is 15.1. The lowest BCUT2D eigenvalue weighted by atomic mass is 9.79. The average Bonchev–Trinajstić information content (AvgIpc) is 2.54. The molecular weight excluding hydrogens is 296 g/mol. The van der Waals surface area contributed by atoms with Gasteiger partial charge in [-0.25, -0.2) is 0 Å². The molecule has 0 aliphatic carbocycles. The molecule has 2 aromatic carbocycles. The Balaban J connectivity index is 0.00000242. The van der Waals surface area contributed by atoms with Crippen LogP contribution in [0.1, 0.15) is 37.8 Å². The van der Waals surface area contributed by atoms with Gasteiger partial charge in [-0.15, -0.1) is 12.4 Å². The summed E-state index contributed by atoms with van der Waals surface area (Å²) in [6.45, 7) is 4.39. The van der Waals surface area contributed by atoms with Gasteiger partial charge in [0, 0.05) is 0 Å². The van der Waals surface area contributed by atoms with E-state index >= 15 is 0 Å². The number of rotatable bonds is 6. The van der Waals surface area contributed by atoms with Crippen LogP contribution >= 0.6 is 12.4 Å². The lowest BCUT2D eigenvalue weighted by molar-refractivity contribution is -0.151. The molecule has 0 heterocycles.